The van der Waals surface area contributed by atoms with Crippen molar-refractivity contribution in [2.45, 2.75) is 6.42 Å². The van der Waals surface area contributed by atoms with Crippen LogP contribution < -0.4 is 5.32 Å². The van der Waals surface area contributed by atoms with Gasteiger partial charge < -0.3 is 5.32 Å². The molecule has 0 saturated carbocycles. The Morgan fingerprint density at radius 1 is 1.16 bits per heavy atom. The lowest BCUT2D eigenvalue weighted by Gasteiger charge is -2.08. The third-order valence-corrected chi connectivity index (χ3v) is 3.13. The predicted molar refractivity (Wildman–Crippen MR) is 76.1 cm³/mol. The normalized spacial score (nSPS) is 10.2. The van der Waals surface area contributed by atoms with Gasteiger partial charge in [-0.25, -0.2) is 9.97 Å². The summed E-state index contributed by atoms with van der Waals surface area (Å²) in [6.45, 7) is 0.635. The largest absolute Gasteiger partial charge is 0.369 e. The molecule has 1 aromatic carbocycles. The van der Waals surface area contributed by atoms with Crippen LogP contribution in [0.15, 0.2) is 30.6 Å². The molecule has 0 bridgehead atoms. The third-order valence-electron chi connectivity index (χ3n) is 2.57. The van der Waals surface area contributed by atoms with Gasteiger partial charge in [-0.1, -0.05) is 35.3 Å². The van der Waals surface area contributed by atoms with Crippen LogP contribution >= 0.6 is 23.2 Å². The first-order valence-electron chi connectivity index (χ1n) is 5.64. The summed E-state index contributed by atoms with van der Waals surface area (Å²) in [5.74, 6) is 0.448. The topological polar surface area (TPSA) is 54.9 Å². The molecule has 6 heteroatoms. The number of benzene rings is 1. The van der Waals surface area contributed by atoms with E-state index < -0.39 is 0 Å². The molecular weight excluding hydrogens is 285 g/mol. The summed E-state index contributed by atoms with van der Waals surface area (Å²) in [7, 11) is 0. The van der Waals surface area contributed by atoms with Crippen molar-refractivity contribution in [2.24, 2.45) is 0 Å². The molecule has 0 aliphatic rings. The van der Waals surface area contributed by atoms with E-state index in [4.69, 9.17) is 23.2 Å². The van der Waals surface area contributed by atoms with Crippen LogP contribution in [0, 0.1) is 0 Å². The molecular formula is C13H11Cl2N3O. The number of carbonyl (C=O) groups excluding carboxylic acids is 1. The van der Waals surface area contributed by atoms with Gasteiger partial charge in [-0.05, 0) is 24.1 Å². The van der Waals surface area contributed by atoms with Gasteiger partial charge in [0.2, 0.25) is 0 Å². The molecule has 0 saturated heterocycles. The molecule has 98 valence electrons. The van der Waals surface area contributed by atoms with Crippen molar-refractivity contribution in [1.29, 1.82) is 0 Å². The number of nitrogens with one attached hydrogen (secondary N) is 1. The van der Waals surface area contributed by atoms with Crippen molar-refractivity contribution in [3.63, 3.8) is 0 Å². The zero-order chi connectivity index (χ0) is 13.7. The molecule has 4 nitrogen and oxygen atoms in total. The number of rotatable bonds is 5. The number of hydrogen-bond acceptors (Lipinski definition) is 4. The Hall–Kier alpha value is -1.65. The predicted octanol–water partition coefficient (Wildman–Crippen LogP) is 3.25. The van der Waals surface area contributed by atoms with Gasteiger partial charge in [0.25, 0.3) is 0 Å². The molecule has 0 spiro atoms. The number of nitrogens with zero attached hydrogens (tertiary/aromatic N) is 2. The molecule has 1 aromatic heterocycles. The molecule has 0 fully saturated rings. The maximum absolute atomic E-state index is 10.9. The van der Waals surface area contributed by atoms with Gasteiger partial charge in [0.05, 0.1) is 5.56 Å². The van der Waals surface area contributed by atoms with E-state index >= 15 is 0 Å². The second-order valence-electron chi connectivity index (χ2n) is 3.85. The molecule has 0 aliphatic carbocycles. The van der Waals surface area contributed by atoms with E-state index in [0.717, 1.165) is 12.0 Å². The zero-order valence-electron chi connectivity index (χ0n) is 9.94. The van der Waals surface area contributed by atoms with Gasteiger partial charge in [-0.2, -0.15) is 0 Å². The van der Waals surface area contributed by atoms with Crippen molar-refractivity contribution < 1.29 is 4.79 Å². The van der Waals surface area contributed by atoms with Crippen molar-refractivity contribution >= 4 is 35.3 Å². The number of hydrogen-bond donors (Lipinski definition) is 1. The highest BCUT2D eigenvalue weighted by Gasteiger charge is 2.08. The Morgan fingerprint density at radius 3 is 2.58 bits per heavy atom. The summed E-state index contributed by atoms with van der Waals surface area (Å²) >= 11 is 11.6. The molecule has 2 rings (SSSR count). The fourth-order valence-electron chi connectivity index (χ4n) is 1.60. The number of halogens is 2. The quantitative estimate of drug-likeness (QED) is 0.679. The molecule has 2 aromatic rings. The van der Waals surface area contributed by atoms with E-state index in [1.807, 2.05) is 24.3 Å². The summed E-state index contributed by atoms with van der Waals surface area (Å²) < 4.78 is 0. The van der Waals surface area contributed by atoms with Crippen LogP contribution in [0.25, 0.3) is 0 Å². The molecule has 1 N–H and O–H groups in total. The average molecular weight is 296 g/mol. The minimum Gasteiger partial charge on any atom is -0.369 e. The van der Waals surface area contributed by atoms with Crippen LogP contribution in [0.4, 0.5) is 5.82 Å². The first-order valence-corrected chi connectivity index (χ1v) is 6.40. The number of aromatic nitrogens is 2. The molecule has 0 amide bonds. The Kier molecular flexibility index (Phi) is 4.71. The van der Waals surface area contributed by atoms with E-state index in [-0.39, 0.29) is 10.7 Å². The van der Waals surface area contributed by atoms with Crippen LogP contribution in [-0.4, -0.2) is 22.8 Å². The van der Waals surface area contributed by atoms with Crippen LogP contribution in [-0.2, 0) is 6.42 Å². The van der Waals surface area contributed by atoms with Gasteiger partial charge >= 0.3 is 0 Å². The Balaban J connectivity index is 1.98. The van der Waals surface area contributed by atoms with Crippen LogP contribution in [0.2, 0.25) is 10.2 Å². The Morgan fingerprint density at radius 2 is 1.89 bits per heavy atom. The van der Waals surface area contributed by atoms with E-state index in [0.29, 0.717) is 23.7 Å². The summed E-state index contributed by atoms with van der Waals surface area (Å²) in [6.07, 6.45) is 2.75. The summed E-state index contributed by atoms with van der Waals surface area (Å²) in [4.78, 5) is 18.7. The van der Waals surface area contributed by atoms with Gasteiger partial charge in [-0.15, -0.1) is 0 Å². The van der Waals surface area contributed by atoms with E-state index in [9.17, 15) is 4.79 Å². The highest BCUT2D eigenvalue weighted by molar-refractivity contribution is 6.32. The van der Waals surface area contributed by atoms with E-state index in [1.54, 1.807) is 0 Å². The fourth-order valence-corrected chi connectivity index (χ4v) is 1.90. The highest BCUT2D eigenvalue weighted by Crippen LogP contribution is 2.17. The first-order chi connectivity index (χ1) is 9.20. The number of carbonyl (C=O) groups is 1. The second-order valence-corrected chi connectivity index (χ2v) is 4.64. The summed E-state index contributed by atoms with van der Waals surface area (Å²) in [5, 5.41) is 3.93. The monoisotopic (exact) mass is 295 g/mol. The lowest BCUT2D eigenvalue weighted by atomic mass is 10.1. The Labute approximate surface area is 120 Å². The SMILES string of the molecule is O=Cc1c(Cl)ncnc1NCCc1ccc(Cl)cc1. The van der Waals surface area contributed by atoms with Gasteiger partial charge in [-0.3, -0.25) is 4.79 Å². The molecule has 19 heavy (non-hydrogen) atoms. The van der Waals surface area contributed by atoms with Crippen LogP contribution in [0.3, 0.4) is 0 Å². The number of aldehydes is 1. The molecule has 0 radical (unpaired) electrons. The maximum Gasteiger partial charge on any atom is 0.156 e. The lowest BCUT2D eigenvalue weighted by molar-refractivity contribution is 0.112. The highest BCUT2D eigenvalue weighted by atomic mass is 35.5. The standard InChI is InChI=1S/C13H11Cl2N3O/c14-10-3-1-9(2-4-10)5-6-16-13-11(7-19)12(15)17-8-18-13/h1-4,7-8H,5-6H2,(H,16,17,18). The number of anilines is 1. The molecule has 1 heterocycles. The third kappa shape index (κ3) is 3.66. The smallest absolute Gasteiger partial charge is 0.156 e. The van der Waals surface area contributed by atoms with Gasteiger partial charge in [0, 0.05) is 11.6 Å². The van der Waals surface area contributed by atoms with Crippen molar-refractivity contribution in [1.82, 2.24) is 9.97 Å². The lowest BCUT2D eigenvalue weighted by Crippen LogP contribution is -2.09. The molecule has 0 atom stereocenters. The Bertz CT molecular complexity index is 573. The van der Waals surface area contributed by atoms with E-state index in [2.05, 4.69) is 15.3 Å². The zero-order valence-corrected chi connectivity index (χ0v) is 11.4. The van der Waals surface area contributed by atoms with Crippen molar-refractivity contribution in [3.8, 4) is 0 Å². The first kappa shape index (κ1) is 13.8. The van der Waals surface area contributed by atoms with Crippen LogP contribution in [0.1, 0.15) is 15.9 Å². The maximum atomic E-state index is 10.9. The minimum absolute atomic E-state index is 0.152. The van der Waals surface area contributed by atoms with Gasteiger partial charge in [0.15, 0.2) is 6.29 Å². The summed E-state index contributed by atoms with van der Waals surface area (Å²) in [5.41, 5.74) is 1.42. The molecule has 0 unspecified atom stereocenters. The van der Waals surface area contributed by atoms with Crippen LogP contribution in [0.5, 0.6) is 0 Å². The minimum atomic E-state index is 0.152. The van der Waals surface area contributed by atoms with Gasteiger partial charge in [0.1, 0.15) is 17.3 Å². The second kappa shape index (κ2) is 6.50. The summed E-state index contributed by atoms with van der Waals surface area (Å²) in [6, 6.07) is 7.60. The molecule has 0 aliphatic heterocycles. The van der Waals surface area contributed by atoms with E-state index in [1.165, 1.54) is 6.33 Å². The average Bonchev–Trinajstić information content (AvgIpc) is 2.41. The van der Waals surface area contributed by atoms with Crippen molar-refractivity contribution in [2.75, 3.05) is 11.9 Å². The van der Waals surface area contributed by atoms with Crippen molar-refractivity contribution in [3.05, 3.63) is 51.9 Å². The fraction of sp³-hybridized carbons (Fsp3) is 0.154.